The molecule has 1 unspecified atom stereocenters. The Morgan fingerprint density at radius 2 is 2.09 bits per heavy atom. The highest BCUT2D eigenvalue weighted by Gasteiger charge is 2.37. The Balaban J connectivity index is 1.50. The normalized spacial score (nSPS) is 21.0. The van der Waals surface area contributed by atoms with Crippen molar-refractivity contribution in [3.63, 3.8) is 0 Å². The zero-order valence-corrected chi connectivity index (χ0v) is 14.1. The van der Waals surface area contributed by atoms with Crippen molar-refractivity contribution in [1.82, 2.24) is 14.8 Å². The fourth-order valence-electron chi connectivity index (χ4n) is 3.15. The molecule has 3 heterocycles. The first kappa shape index (κ1) is 16.3. The van der Waals surface area contributed by atoms with Gasteiger partial charge in [-0.1, -0.05) is 6.07 Å². The van der Waals surface area contributed by atoms with Gasteiger partial charge in [0, 0.05) is 37.2 Å². The molecule has 0 N–H and O–H groups in total. The number of carbonyl (C=O) groups excluding carboxylic acids is 2. The average Bonchev–Trinajstić information content (AvgIpc) is 3.27. The maximum absolute atomic E-state index is 12.6. The molecule has 0 saturated carbocycles. The molecule has 0 aromatic carbocycles. The molecule has 2 fully saturated rings. The molecule has 1 aromatic heterocycles. The SMILES string of the molecule is O=C(C1CSCN1C(=O)CCCc1ccccn1)N1CCCC1. The van der Waals surface area contributed by atoms with Gasteiger partial charge in [-0.3, -0.25) is 14.6 Å². The number of hydrogen-bond acceptors (Lipinski definition) is 4. The number of likely N-dealkylation sites (tertiary alicyclic amines) is 1. The minimum atomic E-state index is -0.250. The summed E-state index contributed by atoms with van der Waals surface area (Å²) >= 11 is 1.68. The van der Waals surface area contributed by atoms with E-state index in [9.17, 15) is 9.59 Å². The van der Waals surface area contributed by atoms with Crippen LogP contribution in [-0.2, 0) is 16.0 Å². The summed E-state index contributed by atoms with van der Waals surface area (Å²) in [6.45, 7) is 1.70. The lowest BCUT2D eigenvalue weighted by atomic mass is 10.1. The van der Waals surface area contributed by atoms with Crippen LogP contribution in [0.3, 0.4) is 0 Å². The molecule has 0 spiro atoms. The first-order chi connectivity index (χ1) is 11.3. The van der Waals surface area contributed by atoms with Crippen LogP contribution in [0.15, 0.2) is 24.4 Å². The van der Waals surface area contributed by atoms with E-state index in [1.807, 2.05) is 23.1 Å². The highest BCUT2D eigenvalue weighted by Crippen LogP contribution is 2.25. The van der Waals surface area contributed by atoms with Crippen molar-refractivity contribution in [3.8, 4) is 0 Å². The second kappa shape index (κ2) is 7.81. The second-order valence-electron chi connectivity index (χ2n) is 6.09. The van der Waals surface area contributed by atoms with Gasteiger partial charge in [-0.2, -0.15) is 0 Å². The van der Waals surface area contributed by atoms with E-state index in [0.29, 0.717) is 12.3 Å². The molecule has 6 heteroatoms. The standard InChI is InChI=1S/C17H23N3O2S/c21-16(8-5-7-14-6-1-2-9-18-14)20-13-23-12-15(20)17(22)19-10-3-4-11-19/h1-2,6,9,15H,3-5,7-8,10-13H2. The van der Waals surface area contributed by atoms with Gasteiger partial charge < -0.3 is 9.80 Å². The highest BCUT2D eigenvalue weighted by atomic mass is 32.2. The van der Waals surface area contributed by atoms with Crippen LogP contribution in [-0.4, -0.2) is 57.4 Å². The molecule has 2 aliphatic heterocycles. The van der Waals surface area contributed by atoms with Crippen molar-refractivity contribution in [3.05, 3.63) is 30.1 Å². The fourth-order valence-corrected chi connectivity index (χ4v) is 4.32. The van der Waals surface area contributed by atoms with E-state index in [1.54, 1.807) is 22.9 Å². The van der Waals surface area contributed by atoms with Gasteiger partial charge in [0.1, 0.15) is 6.04 Å². The smallest absolute Gasteiger partial charge is 0.246 e. The molecular weight excluding hydrogens is 310 g/mol. The molecule has 0 radical (unpaired) electrons. The minimum Gasteiger partial charge on any atom is -0.341 e. The number of aromatic nitrogens is 1. The molecule has 0 aliphatic carbocycles. The summed E-state index contributed by atoms with van der Waals surface area (Å²) < 4.78 is 0. The van der Waals surface area contributed by atoms with Gasteiger partial charge in [-0.15, -0.1) is 11.8 Å². The van der Waals surface area contributed by atoms with Crippen LogP contribution in [0.4, 0.5) is 0 Å². The molecule has 2 aliphatic rings. The molecule has 1 atom stereocenters. The molecule has 2 amide bonds. The molecule has 124 valence electrons. The van der Waals surface area contributed by atoms with E-state index in [4.69, 9.17) is 0 Å². The van der Waals surface area contributed by atoms with Crippen molar-refractivity contribution < 1.29 is 9.59 Å². The molecular formula is C17H23N3O2S. The van der Waals surface area contributed by atoms with E-state index in [1.165, 1.54) is 0 Å². The zero-order chi connectivity index (χ0) is 16.1. The van der Waals surface area contributed by atoms with E-state index >= 15 is 0 Å². The number of hydrogen-bond donors (Lipinski definition) is 0. The van der Waals surface area contributed by atoms with Gasteiger partial charge in [0.2, 0.25) is 11.8 Å². The van der Waals surface area contributed by atoms with Crippen LogP contribution in [0.5, 0.6) is 0 Å². The van der Waals surface area contributed by atoms with Crippen LogP contribution >= 0.6 is 11.8 Å². The van der Waals surface area contributed by atoms with E-state index < -0.39 is 0 Å². The molecule has 23 heavy (non-hydrogen) atoms. The van der Waals surface area contributed by atoms with E-state index in [-0.39, 0.29) is 17.9 Å². The highest BCUT2D eigenvalue weighted by molar-refractivity contribution is 7.99. The van der Waals surface area contributed by atoms with Crippen molar-refractivity contribution >= 4 is 23.6 Å². The van der Waals surface area contributed by atoms with Gasteiger partial charge in [0.25, 0.3) is 0 Å². The number of carbonyl (C=O) groups is 2. The number of aryl methyl sites for hydroxylation is 1. The van der Waals surface area contributed by atoms with Gasteiger partial charge in [-0.05, 0) is 37.8 Å². The van der Waals surface area contributed by atoms with E-state index in [2.05, 4.69) is 4.98 Å². The third kappa shape index (κ3) is 4.05. The molecule has 5 nitrogen and oxygen atoms in total. The predicted octanol–water partition coefficient (Wildman–Crippen LogP) is 1.93. The van der Waals surface area contributed by atoms with Crippen molar-refractivity contribution in [1.29, 1.82) is 0 Å². The van der Waals surface area contributed by atoms with Crippen LogP contribution in [0, 0.1) is 0 Å². The van der Waals surface area contributed by atoms with Crippen LogP contribution < -0.4 is 0 Å². The number of amides is 2. The van der Waals surface area contributed by atoms with Crippen LogP contribution in [0.25, 0.3) is 0 Å². The Bertz CT molecular complexity index is 546. The first-order valence-corrected chi connectivity index (χ1v) is 9.47. The maximum atomic E-state index is 12.6. The van der Waals surface area contributed by atoms with Gasteiger partial charge in [0.05, 0.1) is 5.88 Å². The average molecular weight is 333 g/mol. The summed E-state index contributed by atoms with van der Waals surface area (Å²) in [6.07, 6.45) is 6.02. The van der Waals surface area contributed by atoms with Crippen molar-refractivity contribution in [2.45, 2.75) is 38.1 Å². The lowest BCUT2D eigenvalue weighted by molar-refractivity contribution is -0.142. The summed E-state index contributed by atoms with van der Waals surface area (Å²) in [6, 6.07) is 5.59. The Morgan fingerprint density at radius 1 is 1.26 bits per heavy atom. The quantitative estimate of drug-likeness (QED) is 0.826. The van der Waals surface area contributed by atoms with Crippen LogP contribution in [0.2, 0.25) is 0 Å². The third-order valence-corrected chi connectivity index (χ3v) is 5.47. The lowest BCUT2D eigenvalue weighted by Gasteiger charge is -2.27. The molecule has 2 saturated heterocycles. The van der Waals surface area contributed by atoms with Crippen molar-refractivity contribution in [2.24, 2.45) is 0 Å². The second-order valence-corrected chi connectivity index (χ2v) is 7.09. The Labute approximate surface area is 141 Å². The summed E-state index contributed by atoms with van der Waals surface area (Å²) in [5.74, 6) is 1.63. The molecule has 0 bridgehead atoms. The molecule has 1 aromatic rings. The monoisotopic (exact) mass is 333 g/mol. The van der Waals surface area contributed by atoms with Gasteiger partial charge >= 0.3 is 0 Å². The van der Waals surface area contributed by atoms with Gasteiger partial charge in [-0.25, -0.2) is 0 Å². The summed E-state index contributed by atoms with van der Waals surface area (Å²) in [5.41, 5.74) is 1.01. The van der Waals surface area contributed by atoms with Gasteiger partial charge in [0.15, 0.2) is 0 Å². The Morgan fingerprint density at radius 3 is 2.83 bits per heavy atom. The maximum Gasteiger partial charge on any atom is 0.246 e. The van der Waals surface area contributed by atoms with Crippen molar-refractivity contribution in [2.75, 3.05) is 24.7 Å². The van der Waals surface area contributed by atoms with E-state index in [0.717, 1.165) is 50.2 Å². The van der Waals surface area contributed by atoms with Crippen LogP contribution in [0.1, 0.15) is 31.4 Å². The topological polar surface area (TPSA) is 53.5 Å². The number of rotatable bonds is 5. The lowest BCUT2D eigenvalue weighted by Crippen LogP contribution is -2.48. The zero-order valence-electron chi connectivity index (χ0n) is 13.3. The number of nitrogens with zero attached hydrogens (tertiary/aromatic N) is 3. The predicted molar refractivity (Wildman–Crippen MR) is 90.9 cm³/mol. The largest absolute Gasteiger partial charge is 0.341 e. The Hall–Kier alpha value is -1.56. The number of pyridine rings is 1. The summed E-state index contributed by atoms with van der Waals surface area (Å²) in [7, 11) is 0. The fraction of sp³-hybridized carbons (Fsp3) is 0.588. The summed E-state index contributed by atoms with van der Waals surface area (Å²) in [5, 5.41) is 0. The first-order valence-electron chi connectivity index (χ1n) is 8.31. The summed E-state index contributed by atoms with van der Waals surface area (Å²) in [4.78, 5) is 33.0. The third-order valence-electron chi connectivity index (χ3n) is 4.46. The Kier molecular flexibility index (Phi) is 5.54. The minimum absolute atomic E-state index is 0.100. The molecule has 3 rings (SSSR count). The number of thioether (sulfide) groups is 1.